The van der Waals surface area contributed by atoms with E-state index in [0.29, 0.717) is 28.7 Å². The number of piperidine rings is 1. The number of nitrogens with zero attached hydrogens (tertiary/aromatic N) is 1. The molecular weight excluding hydrogens is 296 g/mol. The van der Waals surface area contributed by atoms with Gasteiger partial charge in [-0.2, -0.15) is 4.31 Å². The molecule has 1 aliphatic rings. The fourth-order valence-corrected chi connectivity index (χ4v) is 4.90. The zero-order valence-electron chi connectivity index (χ0n) is 12.1. The molecule has 1 aliphatic heterocycles. The summed E-state index contributed by atoms with van der Waals surface area (Å²) >= 11 is 5.94. The first kappa shape index (κ1) is 15.6. The van der Waals surface area contributed by atoms with Crippen LogP contribution in [-0.2, 0) is 10.0 Å². The summed E-state index contributed by atoms with van der Waals surface area (Å²) in [5.41, 5.74) is 6.70. The van der Waals surface area contributed by atoms with E-state index in [1.165, 1.54) is 6.07 Å². The molecule has 20 heavy (non-hydrogen) atoms. The molecule has 1 saturated heterocycles. The Labute approximate surface area is 126 Å². The fourth-order valence-electron chi connectivity index (χ4n) is 2.66. The van der Waals surface area contributed by atoms with Crippen molar-refractivity contribution in [2.24, 2.45) is 5.92 Å². The lowest BCUT2D eigenvalue weighted by Gasteiger charge is -2.36. The molecule has 4 nitrogen and oxygen atoms in total. The van der Waals surface area contributed by atoms with Crippen LogP contribution in [0.1, 0.15) is 32.3 Å². The van der Waals surface area contributed by atoms with Crippen LogP contribution in [0.2, 0.25) is 5.02 Å². The highest BCUT2D eigenvalue weighted by Gasteiger charge is 2.34. The van der Waals surface area contributed by atoms with Crippen molar-refractivity contribution in [1.29, 1.82) is 0 Å². The number of sulfonamides is 1. The topological polar surface area (TPSA) is 63.4 Å². The van der Waals surface area contributed by atoms with Gasteiger partial charge in [-0.3, -0.25) is 0 Å². The van der Waals surface area contributed by atoms with E-state index in [9.17, 15) is 8.42 Å². The number of benzene rings is 1. The van der Waals surface area contributed by atoms with Gasteiger partial charge in [0.25, 0.3) is 0 Å². The molecule has 2 unspecified atom stereocenters. The lowest BCUT2D eigenvalue weighted by molar-refractivity contribution is 0.218. The third-order valence-corrected chi connectivity index (χ3v) is 6.39. The van der Waals surface area contributed by atoms with Gasteiger partial charge in [-0.05, 0) is 50.3 Å². The van der Waals surface area contributed by atoms with E-state index in [-0.39, 0.29) is 10.9 Å². The zero-order valence-corrected chi connectivity index (χ0v) is 13.6. The third-order valence-electron chi connectivity index (χ3n) is 3.94. The molecule has 0 aromatic heterocycles. The molecule has 112 valence electrons. The van der Waals surface area contributed by atoms with Gasteiger partial charge in [0.15, 0.2) is 0 Å². The first-order chi connectivity index (χ1) is 9.23. The van der Waals surface area contributed by atoms with Crippen molar-refractivity contribution in [1.82, 2.24) is 4.31 Å². The molecule has 2 N–H and O–H groups in total. The molecule has 1 heterocycles. The standard InChI is InChI=1S/C14H21ClN2O2S/c1-9-4-5-11(3)17(8-9)20(18,19)14-7-13(16)12(15)6-10(14)2/h6-7,9,11H,4-5,8,16H2,1-3H3. The number of hydrogen-bond donors (Lipinski definition) is 1. The molecule has 0 amide bonds. The summed E-state index contributed by atoms with van der Waals surface area (Å²) in [5.74, 6) is 0.380. The van der Waals surface area contributed by atoms with Crippen molar-refractivity contribution >= 4 is 27.3 Å². The van der Waals surface area contributed by atoms with Gasteiger partial charge in [0, 0.05) is 12.6 Å². The molecule has 1 aromatic carbocycles. The summed E-state index contributed by atoms with van der Waals surface area (Å²) in [5, 5.41) is 0.390. The summed E-state index contributed by atoms with van der Waals surface area (Å²) in [6.07, 6.45) is 1.96. The van der Waals surface area contributed by atoms with Crippen LogP contribution in [0.25, 0.3) is 0 Å². The van der Waals surface area contributed by atoms with E-state index < -0.39 is 10.0 Å². The average Bonchev–Trinajstić information content (AvgIpc) is 2.36. The van der Waals surface area contributed by atoms with E-state index in [1.54, 1.807) is 17.3 Å². The Morgan fingerprint density at radius 3 is 2.60 bits per heavy atom. The molecule has 2 atom stereocenters. The second-order valence-electron chi connectivity index (χ2n) is 5.75. The number of aryl methyl sites for hydroxylation is 1. The van der Waals surface area contributed by atoms with Crippen LogP contribution in [0.3, 0.4) is 0 Å². The smallest absolute Gasteiger partial charge is 0.243 e. The number of nitrogens with two attached hydrogens (primary N) is 1. The Morgan fingerprint density at radius 1 is 1.30 bits per heavy atom. The molecule has 0 radical (unpaired) electrons. The zero-order chi connectivity index (χ0) is 15.1. The van der Waals surface area contributed by atoms with Gasteiger partial charge in [0.1, 0.15) is 0 Å². The van der Waals surface area contributed by atoms with Crippen molar-refractivity contribution in [3.63, 3.8) is 0 Å². The first-order valence-electron chi connectivity index (χ1n) is 6.81. The van der Waals surface area contributed by atoms with Crippen molar-refractivity contribution in [2.45, 2.75) is 44.6 Å². The van der Waals surface area contributed by atoms with Crippen LogP contribution in [0.4, 0.5) is 5.69 Å². The molecular formula is C14H21ClN2O2S. The monoisotopic (exact) mass is 316 g/mol. The molecule has 0 spiro atoms. The number of rotatable bonds is 2. The van der Waals surface area contributed by atoms with Crippen LogP contribution in [0.15, 0.2) is 17.0 Å². The van der Waals surface area contributed by atoms with Crippen LogP contribution >= 0.6 is 11.6 Å². The van der Waals surface area contributed by atoms with E-state index in [2.05, 4.69) is 6.92 Å². The first-order valence-corrected chi connectivity index (χ1v) is 8.62. The van der Waals surface area contributed by atoms with Gasteiger partial charge in [-0.25, -0.2) is 8.42 Å². The normalized spacial score (nSPS) is 24.8. The number of halogens is 1. The summed E-state index contributed by atoms with van der Waals surface area (Å²) in [7, 11) is -3.52. The lowest BCUT2D eigenvalue weighted by atomic mass is 9.97. The number of anilines is 1. The molecule has 6 heteroatoms. The maximum atomic E-state index is 12.9. The largest absolute Gasteiger partial charge is 0.397 e. The lowest BCUT2D eigenvalue weighted by Crippen LogP contribution is -2.45. The van der Waals surface area contributed by atoms with Crippen LogP contribution in [0.5, 0.6) is 0 Å². The van der Waals surface area contributed by atoms with E-state index in [4.69, 9.17) is 17.3 Å². The fraction of sp³-hybridized carbons (Fsp3) is 0.571. The highest BCUT2D eigenvalue weighted by Crippen LogP contribution is 2.32. The number of hydrogen-bond acceptors (Lipinski definition) is 3. The van der Waals surface area contributed by atoms with Crippen LogP contribution in [0, 0.1) is 12.8 Å². The Balaban J connectivity index is 2.47. The molecule has 0 aliphatic carbocycles. The predicted octanol–water partition coefficient (Wildman–Crippen LogP) is 3.04. The Hall–Kier alpha value is -0.780. The third kappa shape index (κ3) is 2.80. The van der Waals surface area contributed by atoms with Gasteiger partial charge in [0.05, 0.1) is 15.6 Å². The maximum Gasteiger partial charge on any atom is 0.243 e. The summed E-state index contributed by atoms with van der Waals surface area (Å²) in [6.45, 7) is 6.34. The average molecular weight is 317 g/mol. The van der Waals surface area contributed by atoms with Gasteiger partial charge in [0.2, 0.25) is 10.0 Å². The van der Waals surface area contributed by atoms with E-state index in [1.807, 2.05) is 6.92 Å². The molecule has 0 bridgehead atoms. The molecule has 2 rings (SSSR count). The van der Waals surface area contributed by atoms with Crippen molar-refractivity contribution in [2.75, 3.05) is 12.3 Å². The minimum absolute atomic E-state index is 0.0208. The molecule has 1 fully saturated rings. The Bertz CT molecular complexity index is 616. The van der Waals surface area contributed by atoms with Crippen molar-refractivity contribution in [3.05, 3.63) is 22.7 Å². The Kier molecular flexibility index (Phi) is 4.33. The van der Waals surface area contributed by atoms with Crippen LogP contribution < -0.4 is 5.73 Å². The van der Waals surface area contributed by atoms with E-state index >= 15 is 0 Å². The van der Waals surface area contributed by atoms with Gasteiger partial charge in [-0.1, -0.05) is 18.5 Å². The molecule has 1 aromatic rings. The van der Waals surface area contributed by atoms with Crippen molar-refractivity contribution < 1.29 is 8.42 Å². The van der Waals surface area contributed by atoms with Gasteiger partial charge < -0.3 is 5.73 Å². The highest BCUT2D eigenvalue weighted by atomic mass is 35.5. The minimum atomic E-state index is -3.52. The van der Waals surface area contributed by atoms with E-state index in [0.717, 1.165) is 12.8 Å². The second-order valence-corrected chi connectivity index (χ2v) is 8.01. The van der Waals surface area contributed by atoms with Crippen molar-refractivity contribution in [3.8, 4) is 0 Å². The summed E-state index contributed by atoms with van der Waals surface area (Å²) in [6, 6.07) is 3.10. The maximum absolute atomic E-state index is 12.9. The number of nitrogen functional groups attached to an aromatic ring is 1. The van der Waals surface area contributed by atoms with Crippen LogP contribution in [-0.4, -0.2) is 25.3 Å². The second kappa shape index (κ2) is 5.54. The summed E-state index contributed by atoms with van der Waals surface area (Å²) < 4.78 is 27.3. The molecule has 0 saturated carbocycles. The van der Waals surface area contributed by atoms with Gasteiger partial charge in [-0.15, -0.1) is 0 Å². The summed E-state index contributed by atoms with van der Waals surface area (Å²) in [4.78, 5) is 0.264. The predicted molar refractivity (Wildman–Crippen MR) is 82.4 cm³/mol. The minimum Gasteiger partial charge on any atom is -0.397 e. The Morgan fingerprint density at radius 2 is 1.95 bits per heavy atom. The SMILES string of the molecule is Cc1cc(Cl)c(N)cc1S(=O)(=O)N1CC(C)CCC1C. The van der Waals surface area contributed by atoms with Gasteiger partial charge >= 0.3 is 0 Å². The quantitative estimate of drug-likeness (QED) is 0.853. The highest BCUT2D eigenvalue weighted by molar-refractivity contribution is 7.89.